The van der Waals surface area contributed by atoms with E-state index in [-0.39, 0.29) is 6.10 Å². The van der Waals surface area contributed by atoms with E-state index in [1.807, 2.05) is 6.92 Å². The van der Waals surface area contributed by atoms with E-state index in [2.05, 4.69) is 35.9 Å². The first-order valence-corrected chi connectivity index (χ1v) is 6.43. The number of hydrogen-bond donors (Lipinski definition) is 1. The second-order valence-corrected chi connectivity index (χ2v) is 4.36. The Morgan fingerprint density at radius 2 is 1.94 bits per heavy atom. The first kappa shape index (κ1) is 13.2. The molecular weight excluding hydrogens is 200 g/mol. The summed E-state index contributed by atoms with van der Waals surface area (Å²) < 4.78 is 2.06. The highest BCUT2D eigenvalue weighted by atomic mass is 16.3. The third-order valence-electron chi connectivity index (χ3n) is 3.19. The van der Waals surface area contributed by atoms with E-state index in [9.17, 15) is 5.11 Å². The Bertz CT molecular complexity index is 292. The van der Waals surface area contributed by atoms with Gasteiger partial charge in [-0.15, -0.1) is 0 Å². The zero-order valence-corrected chi connectivity index (χ0v) is 10.7. The van der Waals surface area contributed by atoms with Crippen molar-refractivity contribution < 1.29 is 5.11 Å². The predicted octanol–water partition coefficient (Wildman–Crippen LogP) is 2.95. The van der Waals surface area contributed by atoms with Gasteiger partial charge in [0, 0.05) is 6.20 Å². The van der Waals surface area contributed by atoms with Crippen molar-refractivity contribution >= 4 is 0 Å². The third-order valence-corrected chi connectivity index (χ3v) is 3.19. The van der Waals surface area contributed by atoms with Crippen LogP contribution in [-0.4, -0.2) is 21.0 Å². The lowest BCUT2D eigenvalue weighted by Gasteiger charge is -2.12. The highest BCUT2D eigenvalue weighted by Gasteiger charge is 2.08. The summed E-state index contributed by atoms with van der Waals surface area (Å²) in [5.41, 5.74) is 1.10. The van der Waals surface area contributed by atoms with Crippen molar-refractivity contribution in [3.63, 3.8) is 0 Å². The summed E-state index contributed by atoms with van der Waals surface area (Å²) in [6.07, 6.45) is 6.64. The summed E-state index contributed by atoms with van der Waals surface area (Å²) in [5.74, 6) is 0. The van der Waals surface area contributed by atoms with Crippen molar-refractivity contribution in [2.24, 2.45) is 0 Å². The molecule has 1 unspecified atom stereocenters. The third kappa shape index (κ3) is 3.63. The van der Waals surface area contributed by atoms with Crippen LogP contribution < -0.4 is 0 Å². The molecule has 0 saturated carbocycles. The molecule has 92 valence electrons. The van der Waals surface area contributed by atoms with E-state index >= 15 is 0 Å². The number of aromatic nitrogens is 2. The van der Waals surface area contributed by atoms with Crippen molar-refractivity contribution in [1.29, 1.82) is 0 Å². The van der Waals surface area contributed by atoms with Gasteiger partial charge in [-0.2, -0.15) is 5.10 Å². The summed E-state index contributed by atoms with van der Waals surface area (Å²) >= 11 is 0. The van der Waals surface area contributed by atoms with Crippen LogP contribution >= 0.6 is 0 Å². The SMILES string of the molecule is CCC(O)CCc1ccn(C(CC)CC)n1. The molecule has 3 nitrogen and oxygen atoms in total. The zero-order chi connectivity index (χ0) is 12.0. The van der Waals surface area contributed by atoms with Gasteiger partial charge in [0.2, 0.25) is 0 Å². The largest absolute Gasteiger partial charge is 0.393 e. The van der Waals surface area contributed by atoms with Crippen LogP contribution in [0.25, 0.3) is 0 Å². The van der Waals surface area contributed by atoms with E-state index in [1.165, 1.54) is 0 Å². The number of aliphatic hydroxyl groups excluding tert-OH is 1. The van der Waals surface area contributed by atoms with Crippen LogP contribution in [0.5, 0.6) is 0 Å². The molecule has 1 N–H and O–H groups in total. The van der Waals surface area contributed by atoms with Crippen molar-refractivity contribution in [2.75, 3.05) is 0 Å². The predicted molar refractivity (Wildman–Crippen MR) is 66.5 cm³/mol. The molecule has 0 aliphatic heterocycles. The first-order chi connectivity index (χ1) is 7.71. The molecule has 0 aromatic carbocycles. The summed E-state index contributed by atoms with van der Waals surface area (Å²) in [4.78, 5) is 0. The second kappa shape index (κ2) is 6.69. The molecule has 0 radical (unpaired) electrons. The van der Waals surface area contributed by atoms with E-state index < -0.39 is 0 Å². The number of rotatable bonds is 7. The minimum atomic E-state index is -0.182. The van der Waals surface area contributed by atoms with E-state index in [4.69, 9.17) is 0 Å². The fourth-order valence-corrected chi connectivity index (χ4v) is 1.90. The fourth-order valence-electron chi connectivity index (χ4n) is 1.90. The lowest BCUT2D eigenvalue weighted by Crippen LogP contribution is -2.09. The maximum absolute atomic E-state index is 9.49. The Hall–Kier alpha value is -0.830. The summed E-state index contributed by atoms with van der Waals surface area (Å²) in [6.45, 7) is 6.39. The van der Waals surface area contributed by atoms with Crippen LogP contribution in [0.1, 0.15) is 58.2 Å². The molecular formula is C13H24N2O. The molecule has 0 aliphatic carbocycles. The van der Waals surface area contributed by atoms with Gasteiger partial charge in [0.05, 0.1) is 17.8 Å². The molecule has 1 aromatic rings. The van der Waals surface area contributed by atoms with Crippen LogP contribution in [0.4, 0.5) is 0 Å². The van der Waals surface area contributed by atoms with Crippen LogP contribution in [0.15, 0.2) is 12.3 Å². The summed E-state index contributed by atoms with van der Waals surface area (Å²) in [5, 5.41) is 14.1. The van der Waals surface area contributed by atoms with Gasteiger partial charge in [-0.3, -0.25) is 4.68 Å². The lowest BCUT2D eigenvalue weighted by atomic mass is 10.1. The lowest BCUT2D eigenvalue weighted by molar-refractivity contribution is 0.160. The van der Waals surface area contributed by atoms with Crippen molar-refractivity contribution in [2.45, 2.75) is 65.0 Å². The van der Waals surface area contributed by atoms with Crippen LogP contribution in [0, 0.1) is 0 Å². The average molecular weight is 224 g/mol. The average Bonchev–Trinajstić information content (AvgIpc) is 2.76. The normalized spacial score (nSPS) is 13.3. The van der Waals surface area contributed by atoms with Gasteiger partial charge in [-0.05, 0) is 38.2 Å². The van der Waals surface area contributed by atoms with Crippen molar-refractivity contribution in [1.82, 2.24) is 9.78 Å². The maximum atomic E-state index is 9.49. The molecule has 1 rings (SSSR count). The molecule has 1 heterocycles. The van der Waals surface area contributed by atoms with E-state index in [0.29, 0.717) is 6.04 Å². The van der Waals surface area contributed by atoms with Crippen molar-refractivity contribution in [3.8, 4) is 0 Å². The maximum Gasteiger partial charge on any atom is 0.0625 e. The molecule has 0 saturated heterocycles. The molecule has 0 bridgehead atoms. The van der Waals surface area contributed by atoms with Gasteiger partial charge in [-0.25, -0.2) is 0 Å². The van der Waals surface area contributed by atoms with Gasteiger partial charge < -0.3 is 5.11 Å². The van der Waals surface area contributed by atoms with Crippen LogP contribution in [0.3, 0.4) is 0 Å². The smallest absolute Gasteiger partial charge is 0.0625 e. The van der Waals surface area contributed by atoms with Gasteiger partial charge in [0.15, 0.2) is 0 Å². The molecule has 1 atom stereocenters. The van der Waals surface area contributed by atoms with E-state index in [1.54, 1.807) is 0 Å². The Morgan fingerprint density at radius 1 is 1.25 bits per heavy atom. The van der Waals surface area contributed by atoms with E-state index in [0.717, 1.165) is 37.8 Å². The molecule has 0 aliphatic rings. The molecule has 0 spiro atoms. The fraction of sp³-hybridized carbons (Fsp3) is 0.769. The monoisotopic (exact) mass is 224 g/mol. The minimum Gasteiger partial charge on any atom is -0.393 e. The highest BCUT2D eigenvalue weighted by Crippen LogP contribution is 2.15. The number of nitrogens with zero attached hydrogens (tertiary/aromatic N) is 2. The molecule has 0 amide bonds. The van der Waals surface area contributed by atoms with Crippen LogP contribution in [-0.2, 0) is 6.42 Å². The Kier molecular flexibility index (Phi) is 5.53. The summed E-state index contributed by atoms with van der Waals surface area (Å²) in [7, 11) is 0. The minimum absolute atomic E-state index is 0.182. The molecule has 3 heteroatoms. The Morgan fingerprint density at radius 3 is 2.50 bits per heavy atom. The molecule has 0 fully saturated rings. The highest BCUT2D eigenvalue weighted by molar-refractivity contribution is 5.00. The topological polar surface area (TPSA) is 38.0 Å². The standard InChI is InChI=1S/C13H24N2O/c1-4-12(5-2)15-10-9-11(14-15)7-8-13(16)6-3/h9-10,12-13,16H,4-8H2,1-3H3. The quantitative estimate of drug-likeness (QED) is 0.773. The van der Waals surface area contributed by atoms with Gasteiger partial charge >= 0.3 is 0 Å². The van der Waals surface area contributed by atoms with Crippen molar-refractivity contribution in [3.05, 3.63) is 18.0 Å². The first-order valence-electron chi connectivity index (χ1n) is 6.43. The number of hydrogen-bond acceptors (Lipinski definition) is 2. The Balaban J connectivity index is 2.51. The van der Waals surface area contributed by atoms with Gasteiger partial charge in [-0.1, -0.05) is 20.8 Å². The second-order valence-electron chi connectivity index (χ2n) is 4.36. The summed E-state index contributed by atoms with van der Waals surface area (Å²) in [6, 6.07) is 2.59. The number of aryl methyl sites for hydroxylation is 1. The number of aliphatic hydroxyl groups is 1. The zero-order valence-electron chi connectivity index (χ0n) is 10.7. The molecule has 1 aromatic heterocycles. The van der Waals surface area contributed by atoms with Gasteiger partial charge in [0.1, 0.15) is 0 Å². The Labute approximate surface area is 98.5 Å². The van der Waals surface area contributed by atoms with Crippen LogP contribution in [0.2, 0.25) is 0 Å². The van der Waals surface area contributed by atoms with Gasteiger partial charge in [0.25, 0.3) is 0 Å². The molecule has 16 heavy (non-hydrogen) atoms.